The lowest BCUT2D eigenvalue weighted by molar-refractivity contribution is -0.137. The first-order valence-corrected chi connectivity index (χ1v) is 6.76. The van der Waals surface area contributed by atoms with Crippen molar-refractivity contribution >= 4 is 5.91 Å². The van der Waals surface area contributed by atoms with Gasteiger partial charge >= 0.3 is 0 Å². The van der Waals surface area contributed by atoms with Crippen molar-refractivity contribution in [2.24, 2.45) is 5.92 Å². The van der Waals surface area contributed by atoms with Gasteiger partial charge in [0.1, 0.15) is 0 Å². The van der Waals surface area contributed by atoms with Gasteiger partial charge in [-0.1, -0.05) is 19.3 Å². The molecule has 1 amide bonds. The lowest BCUT2D eigenvalue weighted by Crippen LogP contribution is -2.46. The average molecular weight is 224 g/mol. The fourth-order valence-electron chi connectivity index (χ4n) is 3.01. The highest BCUT2D eigenvalue weighted by molar-refractivity contribution is 5.79. The minimum absolute atomic E-state index is 0.327. The number of nitrogens with one attached hydrogen (secondary N) is 1. The maximum absolute atomic E-state index is 12.3. The van der Waals surface area contributed by atoms with Crippen LogP contribution in [0.2, 0.25) is 0 Å². The van der Waals surface area contributed by atoms with Crippen molar-refractivity contribution in [3.05, 3.63) is 0 Å². The minimum atomic E-state index is 0.327. The molecule has 1 heterocycles. The van der Waals surface area contributed by atoms with E-state index in [0.29, 0.717) is 17.9 Å². The Balaban J connectivity index is 1.86. The third-order valence-electron chi connectivity index (χ3n) is 4.16. The minimum Gasteiger partial charge on any atom is -0.342 e. The van der Waals surface area contributed by atoms with E-state index in [9.17, 15) is 4.79 Å². The summed E-state index contributed by atoms with van der Waals surface area (Å²) in [6.07, 6.45) is 8.29. The maximum Gasteiger partial charge on any atom is 0.225 e. The molecular weight excluding hydrogens is 200 g/mol. The second kappa shape index (κ2) is 5.67. The second-order valence-electron chi connectivity index (χ2n) is 5.27. The molecule has 0 aromatic heterocycles. The summed E-state index contributed by atoms with van der Waals surface area (Å²) in [7, 11) is 2.01. The van der Waals surface area contributed by atoms with Crippen molar-refractivity contribution in [2.75, 3.05) is 20.1 Å². The lowest BCUT2D eigenvalue weighted by Gasteiger charge is -2.35. The quantitative estimate of drug-likeness (QED) is 0.775. The number of hydrogen-bond donors (Lipinski definition) is 1. The molecule has 1 aliphatic heterocycles. The molecule has 3 nitrogen and oxygen atoms in total. The topological polar surface area (TPSA) is 32.3 Å². The van der Waals surface area contributed by atoms with Crippen molar-refractivity contribution < 1.29 is 4.79 Å². The van der Waals surface area contributed by atoms with E-state index >= 15 is 0 Å². The van der Waals surface area contributed by atoms with Crippen LogP contribution in [0.15, 0.2) is 0 Å². The second-order valence-corrected chi connectivity index (χ2v) is 5.27. The van der Waals surface area contributed by atoms with Crippen molar-refractivity contribution in [3.63, 3.8) is 0 Å². The molecule has 92 valence electrons. The molecule has 1 saturated heterocycles. The Morgan fingerprint density at radius 2 is 1.69 bits per heavy atom. The van der Waals surface area contributed by atoms with Crippen LogP contribution in [-0.2, 0) is 4.79 Å². The van der Waals surface area contributed by atoms with Crippen LogP contribution in [0.1, 0.15) is 44.9 Å². The van der Waals surface area contributed by atoms with Crippen LogP contribution in [0, 0.1) is 5.92 Å². The van der Waals surface area contributed by atoms with Crippen LogP contribution in [-0.4, -0.2) is 37.0 Å². The molecule has 0 unspecified atom stereocenters. The van der Waals surface area contributed by atoms with Gasteiger partial charge in [-0.05, 0) is 38.8 Å². The van der Waals surface area contributed by atoms with Gasteiger partial charge in [-0.15, -0.1) is 0 Å². The number of amides is 1. The molecule has 3 heteroatoms. The Morgan fingerprint density at radius 1 is 1.06 bits per heavy atom. The van der Waals surface area contributed by atoms with E-state index in [4.69, 9.17) is 0 Å². The van der Waals surface area contributed by atoms with Gasteiger partial charge in [0.25, 0.3) is 0 Å². The highest BCUT2D eigenvalue weighted by Gasteiger charge is 2.28. The molecule has 16 heavy (non-hydrogen) atoms. The van der Waals surface area contributed by atoms with Crippen molar-refractivity contribution in [3.8, 4) is 0 Å². The van der Waals surface area contributed by atoms with E-state index in [2.05, 4.69) is 5.32 Å². The van der Waals surface area contributed by atoms with Crippen LogP contribution in [0.3, 0.4) is 0 Å². The van der Waals surface area contributed by atoms with Crippen molar-refractivity contribution in [2.45, 2.75) is 51.0 Å². The van der Waals surface area contributed by atoms with Gasteiger partial charge in [0.05, 0.1) is 0 Å². The number of piperidine rings is 1. The highest BCUT2D eigenvalue weighted by atomic mass is 16.2. The summed E-state index contributed by atoms with van der Waals surface area (Å²) in [5, 5.41) is 3.35. The van der Waals surface area contributed by atoms with E-state index < -0.39 is 0 Å². The number of rotatable bonds is 2. The molecule has 2 aliphatic rings. The van der Waals surface area contributed by atoms with E-state index in [1.807, 2.05) is 11.9 Å². The molecule has 1 saturated carbocycles. The summed E-state index contributed by atoms with van der Waals surface area (Å²) in [4.78, 5) is 14.3. The van der Waals surface area contributed by atoms with Crippen LogP contribution in [0.25, 0.3) is 0 Å². The fraction of sp³-hybridized carbons (Fsp3) is 0.923. The molecular formula is C13H24N2O. The molecule has 1 aliphatic carbocycles. The lowest BCUT2D eigenvalue weighted by atomic mass is 9.87. The van der Waals surface area contributed by atoms with Gasteiger partial charge in [-0.2, -0.15) is 0 Å². The van der Waals surface area contributed by atoms with Gasteiger partial charge < -0.3 is 10.2 Å². The van der Waals surface area contributed by atoms with Gasteiger partial charge in [0.15, 0.2) is 0 Å². The van der Waals surface area contributed by atoms with Gasteiger partial charge in [0, 0.05) is 19.0 Å². The first-order valence-electron chi connectivity index (χ1n) is 6.76. The first kappa shape index (κ1) is 11.9. The van der Waals surface area contributed by atoms with Gasteiger partial charge in [-0.3, -0.25) is 4.79 Å². The smallest absolute Gasteiger partial charge is 0.225 e. The molecule has 0 aromatic rings. The molecule has 2 fully saturated rings. The summed E-state index contributed by atoms with van der Waals surface area (Å²) in [6.45, 7) is 2.12. The fourth-order valence-corrected chi connectivity index (χ4v) is 3.01. The molecule has 1 N–H and O–H groups in total. The van der Waals surface area contributed by atoms with Crippen molar-refractivity contribution in [1.82, 2.24) is 10.2 Å². The van der Waals surface area contributed by atoms with E-state index in [1.54, 1.807) is 0 Å². The molecule has 0 bridgehead atoms. The zero-order valence-electron chi connectivity index (χ0n) is 10.4. The van der Waals surface area contributed by atoms with Crippen LogP contribution in [0.5, 0.6) is 0 Å². The molecule has 0 atom stereocenters. The zero-order chi connectivity index (χ0) is 11.4. The average Bonchev–Trinajstić information content (AvgIpc) is 2.39. The monoisotopic (exact) mass is 224 g/mol. The summed E-state index contributed by atoms with van der Waals surface area (Å²) >= 11 is 0. The maximum atomic E-state index is 12.3. The van der Waals surface area contributed by atoms with Gasteiger partial charge in [-0.25, -0.2) is 0 Å². The van der Waals surface area contributed by atoms with E-state index in [1.165, 1.54) is 19.3 Å². The van der Waals surface area contributed by atoms with Crippen LogP contribution in [0.4, 0.5) is 0 Å². The van der Waals surface area contributed by atoms with Crippen LogP contribution < -0.4 is 5.32 Å². The largest absolute Gasteiger partial charge is 0.342 e. The third kappa shape index (κ3) is 2.76. The third-order valence-corrected chi connectivity index (χ3v) is 4.16. The zero-order valence-corrected chi connectivity index (χ0v) is 10.4. The summed E-state index contributed by atoms with van der Waals surface area (Å²) < 4.78 is 0. The number of carbonyl (C=O) groups is 1. The summed E-state index contributed by atoms with van der Waals surface area (Å²) in [5.74, 6) is 0.736. The molecule has 2 rings (SSSR count). The first-order chi connectivity index (χ1) is 7.79. The van der Waals surface area contributed by atoms with E-state index in [0.717, 1.165) is 38.8 Å². The SMILES string of the molecule is CN(C(=O)C1CCCCC1)C1CCNCC1. The molecule has 0 radical (unpaired) electrons. The Labute approximate surface area is 98.6 Å². The Morgan fingerprint density at radius 3 is 2.31 bits per heavy atom. The van der Waals surface area contributed by atoms with E-state index in [-0.39, 0.29) is 0 Å². The van der Waals surface area contributed by atoms with Crippen LogP contribution >= 0.6 is 0 Å². The predicted octanol–water partition coefficient (Wildman–Crippen LogP) is 1.78. The standard InChI is InChI=1S/C13H24N2O/c1-15(12-7-9-14-10-8-12)13(16)11-5-3-2-4-6-11/h11-12,14H,2-10H2,1H3. The Bertz CT molecular complexity index is 230. The Hall–Kier alpha value is -0.570. The number of hydrogen-bond acceptors (Lipinski definition) is 2. The predicted molar refractivity (Wildman–Crippen MR) is 65.2 cm³/mol. The molecule has 0 spiro atoms. The number of nitrogens with zero attached hydrogens (tertiary/aromatic N) is 1. The summed E-state index contributed by atoms with van der Waals surface area (Å²) in [5.41, 5.74) is 0. The Kier molecular flexibility index (Phi) is 4.22. The summed E-state index contributed by atoms with van der Waals surface area (Å²) in [6, 6.07) is 0.482. The normalized spacial score (nSPS) is 24.3. The highest BCUT2D eigenvalue weighted by Crippen LogP contribution is 2.26. The number of carbonyl (C=O) groups excluding carboxylic acids is 1. The molecule has 0 aromatic carbocycles. The van der Waals surface area contributed by atoms with Crippen molar-refractivity contribution in [1.29, 1.82) is 0 Å². The van der Waals surface area contributed by atoms with Gasteiger partial charge in [0.2, 0.25) is 5.91 Å².